The molecular formula is C15H22ClNO2S. The molecule has 0 spiro atoms. The number of benzene rings is 1. The molecule has 1 aromatic carbocycles. The van der Waals surface area contributed by atoms with Gasteiger partial charge in [0.25, 0.3) is 0 Å². The lowest BCUT2D eigenvalue weighted by Gasteiger charge is -2.21. The number of halogens is 1. The van der Waals surface area contributed by atoms with Crippen LogP contribution < -0.4 is 5.32 Å². The number of carbonyl (C=O) groups is 1. The van der Waals surface area contributed by atoms with Crippen LogP contribution in [-0.4, -0.2) is 23.9 Å². The van der Waals surface area contributed by atoms with Crippen LogP contribution in [0.1, 0.15) is 33.3 Å². The highest BCUT2D eigenvalue weighted by atomic mass is 35.5. The molecule has 0 fully saturated rings. The number of hydrogen-bond donors (Lipinski definition) is 1. The smallest absolute Gasteiger partial charge is 0.316 e. The summed E-state index contributed by atoms with van der Waals surface area (Å²) in [7, 11) is 0. The minimum atomic E-state index is -0.202. The molecule has 20 heavy (non-hydrogen) atoms. The van der Waals surface area contributed by atoms with Gasteiger partial charge in [-0.1, -0.05) is 17.7 Å². The number of carbonyl (C=O) groups excluding carboxylic acids is 1. The molecule has 0 aromatic heterocycles. The fraction of sp³-hybridized carbons (Fsp3) is 0.533. The first-order valence-corrected chi connectivity index (χ1v) is 8.00. The lowest BCUT2D eigenvalue weighted by Crippen LogP contribution is -2.35. The zero-order valence-electron chi connectivity index (χ0n) is 12.5. The second-order valence-electron chi connectivity index (χ2n) is 5.45. The molecule has 112 valence electrons. The van der Waals surface area contributed by atoms with Crippen LogP contribution in [0.15, 0.2) is 23.1 Å². The van der Waals surface area contributed by atoms with Crippen molar-refractivity contribution in [2.75, 3.05) is 12.4 Å². The Bertz CT molecular complexity index is 458. The van der Waals surface area contributed by atoms with Crippen LogP contribution in [0.5, 0.6) is 0 Å². The summed E-state index contributed by atoms with van der Waals surface area (Å²) in [6.45, 7) is 9.29. The first-order chi connectivity index (χ1) is 9.31. The summed E-state index contributed by atoms with van der Waals surface area (Å²) in [5.74, 6) is 0.108. The Morgan fingerprint density at radius 1 is 1.40 bits per heavy atom. The van der Waals surface area contributed by atoms with Gasteiger partial charge in [-0.15, -0.1) is 11.8 Å². The van der Waals surface area contributed by atoms with E-state index in [4.69, 9.17) is 16.3 Å². The largest absolute Gasteiger partial charge is 0.465 e. The predicted octanol–water partition coefficient (Wildman–Crippen LogP) is 3.88. The first-order valence-electron chi connectivity index (χ1n) is 6.63. The molecule has 0 atom stereocenters. The number of thioether (sulfide) groups is 1. The van der Waals surface area contributed by atoms with Crippen molar-refractivity contribution in [3.63, 3.8) is 0 Å². The zero-order chi connectivity index (χ0) is 15.2. The average molecular weight is 316 g/mol. The van der Waals surface area contributed by atoms with Crippen molar-refractivity contribution in [1.82, 2.24) is 5.32 Å². The topological polar surface area (TPSA) is 38.3 Å². The van der Waals surface area contributed by atoms with Crippen molar-refractivity contribution in [2.24, 2.45) is 0 Å². The summed E-state index contributed by atoms with van der Waals surface area (Å²) in [5, 5.41) is 4.12. The number of rotatable bonds is 6. The van der Waals surface area contributed by atoms with E-state index >= 15 is 0 Å². The van der Waals surface area contributed by atoms with Crippen LogP contribution in [0, 0.1) is 0 Å². The van der Waals surface area contributed by atoms with Gasteiger partial charge >= 0.3 is 5.97 Å². The Balaban J connectivity index is 2.57. The molecule has 0 amide bonds. The first kappa shape index (κ1) is 17.3. The van der Waals surface area contributed by atoms with E-state index in [1.807, 2.05) is 18.2 Å². The van der Waals surface area contributed by atoms with E-state index in [0.29, 0.717) is 12.4 Å². The molecule has 0 bridgehead atoms. The van der Waals surface area contributed by atoms with E-state index < -0.39 is 0 Å². The number of ether oxygens (including phenoxy) is 1. The Hall–Kier alpha value is -0.710. The van der Waals surface area contributed by atoms with Crippen molar-refractivity contribution in [1.29, 1.82) is 0 Å². The maximum Gasteiger partial charge on any atom is 0.316 e. The second kappa shape index (κ2) is 7.91. The average Bonchev–Trinajstić information content (AvgIpc) is 2.34. The Morgan fingerprint density at radius 3 is 2.65 bits per heavy atom. The van der Waals surface area contributed by atoms with Gasteiger partial charge in [-0.3, -0.25) is 4.79 Å². The van der Waals surface area contributed by atoms with Gasteiger partial charge < -0.3 is 10.1 Å². The van der Waals surface area contributed by atoms with E-state index in [9.17, 15) is 4.79 Å². The summed E-state index contributed by atoms with van der Waals surface area (Å²) in [4.78, 5) is 12.3. The molecule has 0 saturated carbocycles. The number of esters is 1. The summed E-state index contributed by atoms with van der Waals surface area (Å²) in [6, 6.07) is 5.87. The molecular weight excluding hydrogens is 294 g/mol. The van der Waals surface area contributed by atoms with Crippen LogP contribution in [0.25, 0.3) is 0 Å². The predicted molar refractivity (Wildman–Crippen MR) is 85.4 cm³/mol. The summed E-state index contributed by atoms with van der Waals surface area (Å²) in [5.41, 5.74) is 1.11. The lowest BCUT2D eigenvalue weighted by atomic mass is 10.1. The third kappa shape index (κ3) is 6.64. The van der Waals surface area contributed by atoms with Crippen molar-refractivity contribution in [3.8, 4) is 0 Å². The summed E-state index contributed by atoms with van der Waals surface area (Å²) >= 11 is 7.70. The van der Waals surface area contributed by atoms with E-state index in [1.165, 1.54) is 11.8 Å². The van der Waals surface area contributed by atoms with Crippen LogP contribution in [0.4, 0.5) is 0 Å². The molecule has 1 N–H and O–H groups in total. The third-order valence-corrected chi connectivity index (χ3v) is 3.81. The van der Waals surface area contributed by atoms with Crippen LogP contribution in [0.3, 0.4) is 0 Å². The fourth-order valence-corrected chi connectivity index (χ4v) is 2.51. The number of hydrogen-bond acceptors (Lipinski definition) is 4. The Labute approximate surface area is 130 Å². The van der Waals surface area contributed by atoms with E-state index in [0.717, 1.165) is 22.0 Å². The third-order valence-electron chi connectivity index (χ3n) is 2.50. The molecule has 5 heteroatoms. The number of nitrogens with one attached hydrogen (secondary N) is 1. The van der Waals surface area contributed by atoms with E-state index in [-0.39, 0.29) is 11.5 Å². The molecule has 0 heterocycles. The fourth-order valence-electron chi connectivity index (χ4n) is 1.47. The molecule has 0 aliphatic heterocycles. The van der Waals surface area contributed by atoms with Crippen LogP contribution >= 0.6 is 23.4 Å². The Morgan fingerprint density at radius 2 is 2.10 bits per heavy atom. The lowest BCUT2D eigenvalue weighted by molar-refractivity contribution is -0.139. The molecule has 3 nitrogen and oxygen atoms in total. The zero-order valence-corrected chi connectivity index (χ0v) is 14.0. The standard InChI is InChI=1S/C15H22ClNO2S/c1-5-19-14(18)10-20-12-7-6-11(13(16)8-12)9-17-15(2,3)4/h6-8,17H,5,9-10H2,1-4H3. The second-order valence-corrected chi connectivity index (χ2v) is 6.91. The molecule has 0 radical (unpaired) electrons. The highest BCUT2D eigenvalue weighted by Crippen LogP contribution is 2.25. The minimum Gasteiger partial charge on any atom is -0.465 e. The van der Waals surface area contributed by atoms with Gasteiger partial charge in [0.05, 0.1) is 12.4 Å². The van der Waals surface area contributed by atoms with Gasteiger partial charge in [0.15, 0.2) is 0 Å². The van der Waals surface area contributed by atoms with Gasteiger partial charge in [-0.2, -0.15) is 0 Å². The van der Waals surface area contributed by atoms with E-state index in [2.05, 4.69) is 26.1 Å². The van der Waals surface area contributed by atoms with Crippen molar-refractivity contribution in [3.05, 3.63) is 28.8 Å². The molecule has 1 aromatic rings. The van der Waals surface area contributed by atoms with Crippen molar-refractivity contribution < 1.29 is 9.53 Å². The summed E-state index contributed by atoms with van der Waals surface area (Å²) < 4.78 is 4.89. The Kier molecular flexibility index (Phi) is 6.86. The molecule has 0 aliphatic rings. The minimum absolute atomic E-state index is 0.0562. The van der Waals surface area contributed by atoms with Gasteiger partial charge in [-0.05, 0) is 45.4 Å². The van der Waals surface area contributed by atoms with Crippen LogP contribution in [0.2, 0.25) is 5.02 Å². The van der Waals surface area contributed by atoms with Gasteiger partial charge in [0.1, 0.15) is 0 Å². The normalized spacial score (nSPS) is 11.4. The van der Waals surface area contributed by atoms with Gasteiger partial charge in [0, 0.05) is 22.0 Å². The maximum absolute atomic E-state index is 11.3. The van der Waals surface area contributed by atoms with Crippen molar-refractivity contribution >= 4 is 29.3 Å². The molecule has 1 rings (SSSR count). The summed E-state index contributed by atoms with van der Waals surface area (Å²) in [6.07, 6.45) is 0. The van der Waals surface area contributed by atoms with Crippen LogP contribution in [-0.2, 0) is 16.1 Å². The quantitative estimate of drug-likeness (QED) is 0.638. The van der Waals surface area contributed by atoms with Crippen molar-refractivity contribution in [2.45, 2.75) is 44.7 Å². The molecule has 0 unspecified atom stereocenters. The van der Waals surface area contributed by atoms with Gasteiger partial charge in [-0.25, -0.2) is 0 Å². The van der Waals surface area contributed by atoms with E-state index in [1.54, 1.807) is 6.92 Å². The maximum atomic E-state index is 11.3. The monoisotopic (exact) mass is 315 g/mol. The molecule has 0 aliphatic carbocycles. The highest BCUT2D eigenvalue weighted by molar-refractivity contribution is 8.00. The molecule has 0 saturated heterocycles. The van der Waals surface area contributed by atoms with Gasteiger partial charge in [0.2, 0.25) is 0 Å². The highest BCUT2D eigenvalue weighted by Gasteiger charge is 2.11. The SMILES string of the molecule is CCOC(=O)CSc1ccc(CNC(C)(C)C)c(Cl)c1.